The normalized spacial score (nSPS) is 15.9. The highest BCUT2D eigenvalue weighted by molar-refractivity contribution is 9.10. The average molecular weight is 372 g/mol. The van der Waals surface area contributed by atoms with Crippen molar-refractivity contribution in [3.05, 3.63) is 45.1 Å². The van der Waals surface area contributed by atoms with E-state index in [4.69, 9.17) is 16.7 Å². The molecule has 0 atom stereocenters. The van der Waals surface area contributed by atoms with Crippen LogP contribution in [0.3, 0.4) is 0 Å². The van der Waals surface area contributed by atoms with Crippen LogP contribution in [0.4, 0.5) is 0 Å². The number of carboxylic acids is 1. The third kappa shape index (κ3) is 3.09. The number of carboxylic acid groups (broad SMARTS) is 1. The lowest BCUT2D eigenvalue weighted by molar-refractivity contribution is 0.0690. The van der Waals surface area contributed by atoms with E-state index in [9.17, 15) is 4.79 Å². The van der Waals surface area contributed by atoms with Crippen LogP contribution in [-0.4, -0.2) is 44.1 Å². The number of rotatable bonds is 4. The van der Waals surface area contributed by atoms with Gasteiger partial charge in [0.15, 0.2) is 5.69 Å². The fraction of sp³-hybridized carbons (Fsp3) is 0.308. The monoisotopic (exact) mass is 370 g/mol. The van der Waals surface area contributed by atoms with Crippen LogP contribution in [0.2, 0.25) is 5.02 Å². The van der Waals surface area contributed by atoms with Crippen molar-refractivity contribution in [2.45, 2.75) is 12.6 Å². The minimum Gasteiger partial charge on any atom is -0.476 e. The number of benzene rings is 1. The molecule has 1 fully saturated rings. The van der Waals surface area contributed by atoms with Crippen molar-refractivity contribution in [3.63, 3.8) is 0 Å². The highest BCUT2D eigenvalue weighted by Crippen LogP contribution is 2.27. The van der Waals surface area contributed by atoms with Crippen LogP contribution in [-0.2, 0) is 6.54 Å². The molecule has 1 aromatic carbocycles. The molecule has 1 saturated heterocycles. The van der Waals surface area contributed by atoms with Gasteiger partial charge in [0, 0.05) is 29.1 Å². The molecule has 21 heavy (non-hydrogen) atoms. The Morgan fingerprint density at radius 1 is 1.48 bits per heavy atom. The Morgan fingerprint density at radius 3 is 2.90 bits per heavy atom. The SMILES string of the molecule is O=C(O)c1cn(C2CN(Cc3cc(Cl)ccc3Br)C2)nn1. The van der Waals surface area contributed by atoms with Crippen molar-refractivity contribution in [1.29, 1.82) is 0 Å². The zero-order chi connectivity index (χ0) is 15.0. The fourth-order valence-corrected chi connectivity index (χ4v) is 2.86. The zero-order valence-electron chi connectivity index (χ0n) is 10.9. The first-order valence-electron chi connectivity index (χ1n) is 6.34. The molecule has 0 unspecified atom stereocenters. The number of nitrogens with zero attached hydrogens (tertiary/aromatic N) is 4. The molecule has 1 aromatic heterocycles. The van der Waals surface area contributed by atoms with Crippen molar-refractivity contribution < 1.29 is 9.90 Å². The zero-order valence-corrected chi connectivity index (χ0v) is 13.3. The Kier molecular flexibility index (Phi) is 3.97. The summed E-state index contributed by atoms with van der Waals surface area (Å²) in [7, 11) is 0. The quantitative estimate of drug-likeness (QED) is 0.894. The molecule has 0 spiro atoms. The molecule has 2 aromatic rings. The molecule has 0 radical (unpaired) electrons. The minimum atomic E-state index is -1.06. The Hall–Kier alpha value is -1.44. The fourth-order valence-electron chi connectivity index (χ4n) is 2.30. The van der Waals surface area contributed by atoms with Crippen molar-refractivity contribution in [2.75, 3.05) is 13.1 Å². The number of hydrogen-bond acceptors (Lipinski definition) is 4. The molecule has 1 N–H and O–H groups in total. The summed E-state index contributed by atoms with van der Waals surface area (Å²) in [6.07, 6.45) is 1.47. The van der Waals surface area contributed by atoms with E-state index < -0.39 is 5.97 Å². The van der Waals surface area contributed by atoms with Gasteiger partial charge in [0.25, 0.3) is 0 Å². The van der Waals surface area contributed by atoms with Gasteiger partial charge in [-0.25, -0.2) is 9.48 Å². The lowest BCUT2D eigenvalue weighted by Gasteiger charge is -2.39. The molecule has 6 nitrogen and oxygen atoms in total. The molecule has 0 aliphatic carbocycles. The molecule has 8 heteroatoms. The minimum absolute atomic E-state index is 0.0222. The first-order valence-corrected chi connectivity index (χ1v) is 7.51. The maximum atomic E-state index is 10.8. The summed E-state index contributed by atoms with van der Waals surface area (Å²) in [5.41, 5.74) is 1.11. The van der Waals surface area contributed by atoms with E-state index >= 15 is 0 Å². The van der Waals surface area contributed by atoms with Gasteiger partial charge in [0.05, 0.1) is 12.2 Å². The van der Waals surface area contributed by atoms with Gasteiger partial charge in [-0.15, -0.1) is 5.10 Å². The van der Waals surface area contributed by atoms with Gasteiger partial charge in [0.2, 0.25) is 0 Å². The second-order valence-corrected chi connectivity index (χ2v) is 6.26. The van der Waals surface area contributed by atoms with E-state index in [0.29, 0.717) is 5.02 Å². The number of aromatic carboxylic acids is 1. The van der Waals surface area contributed by atoms with E-state index in [0.717, 1.165) is 29.7 Å². The van der Waals surface area contributed by atoms with Gasteiger partial charge in [0.1, 0.15) is 0 Å². The molecule has 1 aliphatic rings. The van der Waals surface area contributed by atoms with Crippen molar-refractivity contribution in [3.8, 4) is 0 Å². The summed E-state index contributed by atoms with van der Waals surface area (Å²) < 4.78 is 2.65. The Labute approximate surface area is 134 Å². The van der Waals surface area contributed by atoms with Crippen molar-refractivity contribution >= 4 is 33.5 Å². The molecule has 0 bridgehead atoms. The molecule has 110 valence electrons. The highest BCUT2D eigenvalue weighted by atomic mass is 79.9. The first kappa shape index (κ1) is 14.5. The summed E-state index contributed by atoms with van der Waals surface area (Å²) in [6.45, 7) is 2.40. The van der Waals surface area contributed by atoms with Gasteiger partial charge >= 0.3 is 5.97 Å². The standard InChI is InChI=1S/C13H12BrClN4O2/c14-11-2-1-9(15)3-8(11)4-18-5-10(6-18)19-7-12(13(20)21)16-17-19/h1-3,7,10H,4-6H2,(H,20,21). The topological polar surface area (TPSA) is 71.2 Å². The summed E-state index contributed by atoms with van der Waals surface area (Å²) >= 11 is 9.51. The van der Waals surface area contributed by atoms with Gasteiger partial charge < -0.3 is 5.11 Å². The summed E-state index contributed by atoms with van der Waals surface area (Å²) in [6, 6.07) is 5.89. The maximum Gasteiger partial charge on any atom is 0.358 e. The third-order valence-corrected chi connectivity index (χ3v) is 4.45. The van der Waals surface area contributed by atoms with Crippen LogP contribution in [0, 0.1) is 0 Å². The molecule has 3 rings (SSSR count). The van der Waals surface area contributed by atoms with Crippen molar-refractivity contribution in [2.24, 2.45) is 0 Å². The van der Waals surface area contributed by atoms with E-state index in [-0.39, 0.29) is 11.7 Å². The Balaban J connectivity index is 1.60. The van der Waals surface area contributed by atoms with Crippen LogP contribution in [0.5, 0.6) is 0 Å². The maximum absolute atomic E-state index is 10.8. The smallest absolute Gasteiger partial charge is 0.358 e. The van der Waals surface area contributed by atoms with Crippen LogP contribution < -0.4 is 0 Å². The van der Waals surface area contributed by atoms with Crippen LogP contribution in [0.1, 0.15) is 22.1 Å². The van der Waals surface area contributed by atoms with Gasteiger partial charge in [-0.1, -0.05) is 32.7 Å². The summed E-state index contributed by atoms with van der Waals surface area (Å²) in [5, 5.41) is 17.0. The number of aromatic nitrogens is 3. The summed E-state index contributed by atoms with van der Waals surface area (Å²) in [4.78, 5) is 13.0. The molecule has 0 saturated carbocycles. The van der Waals surface area contributed by atoms with Crippen LogP contribution in [0.25, 0.3) is 0 Å². The Bertz CT molecular complexity index is 685. The lowest BCUT2D eigenvalue weighted by atomic mass is 10.1. The van der Waals surface area contributed by atoms with Gasteiger partial charge in [-0.2, -0.15) is 0 Å². The predicted octanol–water partition coefficient (Wildman–Crippen LogP) is 2.45. The van der Waals surface area contributed by atoms with E-state index in [1.807, 2.05) is 18.2 Å². The number of carbonyl (C=O) groups is 1. The van der Waals surface area contributed by atoms with Crippen molar-refractivity contribution in [1.82, 2.24) is 19.9 Å². The molecular formula is C13H12BrClN4O2. The van der Waals surface area contributed by atoms with E-state index in [1.165, 1.54) is 6.20 Å². The van der Waals surface area contributed by atoms with Gasteiger partial charge in [-0.3, -0.25) is 4.90 Å². The number of likely N-dealkylation sites (tertiary alicyclic amines) is 1. The average Bonchev–Trinajstić information content (AvgIpc) is 2.86. The Morgan fingerprint density at radius 2 is 2.24 bits per heavy atom. The molecular weight excluding hydrogens is 360 g/mol. The van der Waals surface area contributed by atoms with Crippen LogP contribution >= 0.6 is 27.5 Å². The van der Waals surface area contributed by atoms with Gasteiger partial charge in [-0.05, 0) is 23.8 Å². The second kappa shape index (κ2) is 5.75. The molecule has 2 heterocycles. The molecule has 1 aliphatic heterocycles. The highest BCUT2D eigenvalue weighted by Gasteiger charge is 2.30. The van der Waals surface area contributed by atoms with E-state index in [2.05, 4.69) is 31.1 Å². The second-order valence-electron chi connectivity index (χ2n) is 4.97. The predicted molar refractivity (Wildman–Crippen MR) is 80.4 cm³/mol. The number of halogens is 2. The lowest BCUT2D eigenvalue weighted by Crippen LogP contribution is -2.47. The summed E-state index contributed by atoms with van der Waals surface area (Å²) in [5.74, 6) is -1.06. The van der Waals surface area contributed by atoms with E-state index in [1.54, 1.807) is 4.68 Å². The van der Waals surface area contributed by atoms with Crippen LogP contribution in [0.15, 0.2) is 28.9 Å². The molecule has 0 amide bonds. The third-order valence-electron chi connectivity index (χ3n) is 3.44. The largest absolute Gasteiger partial charge is 0.476 e. The number of hydrogen-bond donors (Lipinski definition) is 1. The first-order chi connectivity index (χ1) is 10.0.